The van der Waals surface area contributed by atoms with Gasteiger partial charge in [-0.15, -0.1) is 11.6 Å². The van der Waals surface area contributed by atoms with Crippen molar-refractivity contribution in [2.45, 2.75) is 18.7 Å². The van der Waals surface area contributed by atoms with Gasteiger partial charge in [0.05, 0.1) is 5.56 Å². The van der Waals surface area contributed by atoms with E-state index in [1.807, 2.05) is 0 Å². The van der Waals surface area contributed by atoms with Crippen molar-refractivity contribution < 1.29 is 22.3 Å². The minimum absolute atomic E-state index is 0.0882. The fraction of sp³-hybridized carbons (Fsp3) is 0.200. The number of halogens is 5. The Morgan fingerprint density at radius 1 is 1.00 bits per heavy atom. The van der Waals surface area contributed by atoms with Crippen LogP contribution in [-0.2, 0) is 18.7 Å². The minimum atomic E-state index is -4.40. The molecule has 0 fully saturated rings. The molecule has 112 valence electrons. The second-order valence-electron chi connectivity index (χ2n) is 4.42. The summed E-state index contributed by atoms with van der Waals surface area (Å²) in [7, 11) is 0. The van der Waals surface area contributed by atoms with Crippen molar-refractivity contribution in [2.24, 2.45) is 0 Å². The van der Waals surface area contributed by atoms with Crippen LogP contribution in [0.4, 0.5) is 17.6 Å². The summed E-state index contributed by atoms with van der Waals surface area (Å²) in [6, 6.07) is 8.77. The molecule has 0 saturated carbocycles. The van der Waals surface area contributed by atoms with Crippen molar-refractivity contribution in [1.29, 1.82) is 0 Å². The molecular formula is C15H11ClF4O. The van der Waals surface area contributed by atoms with Gasteiger partial charge in [-0.2, -0.15) is 13.2 Å². The van der Waals surface area contributed by atoms with E-state index in [0.29, 0.717) is 11.1 Å². The average molecular weight is 319 g/mol. The van der Waals surface area contributed by atoms with Gasteiger partial charge in [-0.3, -0.25) is 0 Å². The van der Waals surface area contributed by atoms with Gasteiger partial charge in [-0.05, 0) is 35.4 Å². The van der Waals surface area contributed by atoms with Gasteiger partial charge in [-0.25, -0.2) is 4.39 Å². The molecule has 2 aromatic carbocycles. The first-order valence-electron chi connectivity index (χ1n) is 6.03. The molecule has 0 radical (unpaired) electrons. The van der Waals surface area contributed by atoms with E-state index < -0.39 is 17.6 Å². The van der Waals surface area contributed by atoms with Crippen LogP contribution in [0, 0.1) is 5.82 Å². The van der Waals surface area contributed by atoms with Crippen LogP contribution in [-0.4, -0.2) is 0 Å². The fourth-order valence-electron chi connectivity index (χ4n) is 1.79. The predicted molar refractivity (Wildman–Crippen MR) is 71.7 cm³/mol. The first-order valence-corrected chi connectivity index (χ1v) is 6.56. The van der Waals surface area contributed by atoms with Crippen molar-refractivity contribution in [2.75, 3.05) is 0 Å². The molecule has 0 heterocycles. The average Bonchev–Trinajstić information content (AvgIpc) is 2.44. The summed E-state index contributed by atoms with van der Waals surface area (Å²) in [6.07, 6.45) is -4.40. The summed E-state index contributed by atoms with van der Waals surface area (Å²) in [6.45, 7) is -0.0882. The zero-order valence-electron chi connectivity index (χ0n) is 10.8. The van der Waals surface area contributed by atoms with Gasteiger partial charge in [0, 0.05) is 11.9 Å². The van der Waals surface area contributed by atoms with Crippen molar-refractivity contribution in [1.82, 2.24) is 0 Å². The first-order chi connectivity index (χ1) is 9.88. The fourth-order valence-corrected chi connectivity index (χ4v) is 1.94. The maximum Gasteiger partial charge on any atom is 0.416 e. The van der Waals surface area contributed by atoms with Crippen LogP contribution in [0.3, 0.4) is 0 Å². The van der Waals surface area contributed by atoms with Gasteiger partial charge < -0.3 is 4.74 Å². The maximum atomic E-state index is 13.3. The molecule has 21 heavy (non-hydrogen) atoms. The molecule has 0 amide bonds. The summed E-state index contributed by atoms with van der Waals surface area (Å²) in [5, 5.41) is 0. The van der Waals surface area contributed by atoms with E-state index in [-0.39, 0.29) is 18.2 Å². The highest BCUT2D eigenvalue weighted by Crippen LogP contribution is 2.29. The zero-order valence-corrected chi connectivity index (χ0v) is 11.5. The molecule has 0 saturated heterocycles. The maximum absolute atomic E-state index is 13.3. The summed E-state index contributed by atoms with van der Waals surface area (Å²) >= 11 is 5.61. The lowest BCUT2D eigenvalue weighted by atomic mass is 10.1. The van der Waals surface area contributed by atoms with Crippen LogP contribution in [0.2, 0.25) is 0 Å². The first kappa shape index (κ1) is 15.6. The lowest BCUT2D eigenvalue weighted by molar-refractivity contribution is -0.137. The zero-order chi connectivity index (χ0) is 15.5. The highest BCUT2D eigenvalue weighted by atomic mass is 35.5. The Morgan fingerprint density at radius 2 is 1.76 bits per heavy atom. The summed E-state index contributed by atoms with van der Waals surface area (Å²) < 4.78 is 56.3. The van der Waals surface area contributed by atoms with E-state index in [4.69, 9.17) is 16.3 Å². The molecule has 2 aromatic rings. The lowest BCUT2D eigenvalue weighted by Gasteiger charge is -2.10. The second-order valence-corrected chi connectivity index (χ2v) is 4.68. The minimum Gasteiger partial charge on any atom is -0.489 e. The van der Waals surface area contributed by atoms with Gasteiger partial charge in [0.15, 0.2) is 0 Å². The molecule has 0 aromatic heterocycles. The molecule has 0 aliphatic carbocycles. The Labute approximate surface area is 124 Å². The predicted octanol–water partition coefficient (Wildman–Crippen LogP) is 5.16. The molecule has 0 bridgehead atoms. The number of ether oxygens (including phenoxy) is 1. The van der Waals surface area contributed by atoms with Crippen molar-refractivity contribution in [3.05, 3.63) is 65.0 Å². The quantitative estimate of drug-likeness (QED) is 0.558. The number of benzene rings is 2. The van der Waals surface area contributed by atoms with Crippen LogP contribution in [0.25, 0.3) is 0 Å². The smallest absolute Gasteiger partial charge is 0.416 e. The van der Waals surface area contributed by atoms with Crippen LogP contribution >= 0.6 is 11.6 Å². The topological polar surface area (TPSA) is 9.23 Å². The van der Waals surface area contributed by atoms with Gasteiger partial charge in [-0.1, -0.05) is 12.1 Å². The largest absolute Gasteiger partial charge is 0.489 e. The number of hydrogen-bond donors (Lipinski definition) is 0. The summed E-state index contributed by atoms with van der Waals surface area (Å²) in [4.78, 5) is 0. The lowest BCUT2D eigenvalue weighted by Crippen LogP contribution is -2.06. The van der Waals surface area contributed by atoms with Crippen LogP contribution < -0.4 is 4.74 Å². The van der Waals surface area contributed by atoms with Gasteiger partial charge in [0.2, 0.25) is 0 Å². The van der Waals surface area contributed by atoms with Gasteiger partial charge >= 0.3 is 6.18 Å². The Kier molecular flexibility index (Phi) is 4.73. The highest BCUT2D eigenvalue weighted by molar-refractivity contribution is 6.17. The molecule has 0 unspecified atom stereocenters. The Balaban J connectivity index is 2.11. The SMILES string of the molecule is Fc1cc(CCl)cc(OCc2cccc(C(F)(F)F)c2)c1. The van der Waals surface area contributed by atoms with Crippen molar-refractivity contribution >= 4 is 11.6 Å². The normalized spacial score (nSPS) is 11.5. The van der Waals surface area contributed by atoms with Crippen LogP contribution in [0.1, 0.15) is 16.7 Å². The standard InChI is InChI=1S/C15H11ClF4O/c16-8-11-5-13(17)7-14(6-11)21-9-10-2-1-3-12(4-10)15(18,19)20/h1-7H,8-9H2. The Bertz CT molecular complexity index is 625. The Hall–Kier alpha value is -1.75. The monoisotopic (exact) mass is 318 g/mol. The summed E-state index contributed by atoms with van der Waals surface area (Å²) in [5.74, 6) is -0.159. The molecule has 0 spiro atoms. The summed E-state index contributed by atoms with van der Waals surface area (Å²) in [5.41, 5.74) is 0.140. The molecule has 6 heteroatoms. The number of alkyl halides is 4. The van der Waals surface area contributed by atoms with E-state index in [2.05, 4.69) is 0 Å². The molecule has 0 N–H and O–H groups in total. The third-order valence-corrected chi connectivity index (χ3v) is 3.05. The third kappa shape index (κ3) is 4.36. The molecule has 0 atom stereocenters. The highest BCUT2D eigenvalue weighted by Gasteiger charge is 2.30. The van der Waals surface area contributed by atoms with E-state index >= 15 is 0 Å². The molecule has 0 aliphatic heterocycles. The molecular weight excluding hydrogens is 308 g/mol. The molecule has 2 rings (SSSR count). The van der Waals surface area contributed by atoms with Crippen molar-refractivity contribution in [3.8, 4) is 5.75 Å². The number of rotatable bonds is 4. The van der Waals surface area contributed by atoms with Gasteiger partial charge in [0.25, 0.3) is 0 Å². The second kappa shape index (κ2) is 6.35. The van der Waals surface area contributed by atoms with Crippen LogP contribution in [0.15, 0.2) is 42.5 Å². The van der Waals surface area contributed by atoms with E-state index in [0.717, 1.165) is 18.2 Å². The Morgan fingerprint density at radius 3 is 2.43 bits per heavy atom. The van der Waals surface area contributed by atoms with E-state index in [1.165, 1.54) is 18.2 Å². The molecule has 0 aliphatic rings. The van der Waals surface area contributed by atoms with Gasteiger partial charge in [0.1, 0.15) is 18.2 Å². The molecule has 1 nitrogen and oxygen atoms in total. The third-order valence-electron chi connectivity index (χ3n) is 2.75. The van der Waals surface area contributed by atoms with Crippen molar-refractivity contribution in [3.63, 3.8) is 0 Å². The number of hydrogen-bond acceptors (Lipinski definition) is 1. The van der Waals surface area contributed by atoms with E-state index in [9.17, 15) is 17.6 Å². The van der Waals surface area contributed by atoms with Crippen LogP contribution in [0.5, 0.6) is 5.75 Å². The van der Waals surface area contributed by atoms with E-state index in [1.54, 1.807) is 6.07 Å².